The Morgan fingerprint density at radius 3 is 2.53 bits per heavy atom. The van der Waals surface area contributed by atoms with Gasteiger partial charge in [0, 0.05) is 10.2 Å². The van der Waals surface area contributed by atoms with Crippen LogP contribution in [0, 0.1) is 5.41 Å². The van der Waals surface area contributed by atoms with E-state index in [0.717, 1.165) is 28.8 Å². The Bertz CT molecular complexity index is 398. The zero-order valence-corrected chi connectivity index (χ0v) is 11.9. The third-order valence-corrected chi connectivity index (χ3v) is 4.96. The summed E-state index contributed by atoms with van der Waals surface area (Å²) in [5.74, 6) is 1.27. The van der Waals surface area contributed by atoms with Crippen LogP contribution in [0.5, 0.6) is 0 Å². The van der Waals surface area contributed by atoms with Crippen molar-refractivity contribution < 1.29 is 9.90 Å². The molecule has 0 spiro atoms. The number of halogens is 1. The third kappa shape index (κ3) is 4.03. The zero-order chi connectivity index (χ0) is 12.3. The molecule has 0 unspecified atom stereocenters. The molecule has 17 heavy (non-hydrogen) atoms. The van der Waals surface area contributed by atoms with Gasteiger partial charge in [0.15, 0.2) is 0 Å². The van der Waals surface area contributed by atoms with E-state index in [0.29, 0.717) is 6.42 Å². The van der Waals surface area contributed by atoms with Crippen molar-refractivity contribution in [2.45, 2.75) is 25.0 Å². The van der Waals surface area contributed by atoms with Gasteiger partial charge in [-0.25, -0.2) is 0 Å². The Morgan fingerprint density at radius 2 is 2.00 bits per heavy atom. The van der Waals surface area contributed by atoms with E-state index < -0.39 is 5.97 Å². The van der Waals surface area contributed by atoms with Gasteiger partial charge in [0.05, 0.1) is 6.42 Å². The highest BCUT2D eigenvalue weighted by molar-refractivity contribution is 9.10. The van der Waals surface area contributed by atoms with Crippen LogP contribution in [0.15, 0.2) is 28.7 Å². The first kappa shape index (κ1) is 13.0. The predicted octanol–water partition coefficient (Wildman–Crippen LogP) is 3.94. The topological polar surface area (TPSA) is 37.3 Å². The average molecular weight is 315 g/mol. The zero-order valence-electron chi connectivity index (χ0n) is 9.49. The fourth-order valence-corrected chi connectivity index (χ4v) is 3.45. The molecule has 0 aliphatic heterocycles. The molecular formula is C13H15BrO2S. The van der Waals surface area contributed by atoms with Crippen LogP contribution in [0.3, 0.4) is 0 Å². The molecule has 0 saturated heterocycles. The van der Waals surface area contributed by atoms with Crippen LogP contribution in [0.25, 0.3) is 0 Å². The maximum Gasteiger partial charge on any atom is 0.303 e. The molecule has 0 atom stereocenters. The van der Waals surface area contributed by atoms with Gasteiger partial charge in [0.1, 0.15) is 0 Å². The Balaban J connectivity index is 1.76. The molecular weight excluding hydrogens is 300 g/mol. The maximum absolute atomic E-state index is 10.7. The van der Waals surface area contributed by atoms with Crippen molar-refractivity contribution in [2.24, 2.45) is 5.41 Å². The first-order valence-corrected chi connectivity index (χ1v) is 7.58. The maximum atomic E-state index is 10.7. The van der Waals surface area contributed by atoms with E-state index in [4.69, 9.17) is 5.11 Å². The van der Waals surface area contributed by atoms with Crippen LogP contribution >= 0.6 is 27.7 Å². The van der Waals surface area contributed by atoms with E-state index in [1.807, 2.05) is 23.9 Å². The first-order valence-electron chi connectivity index (χ1n) is 5.64. The van der Waals surface area contributed by atoms with E-state index in [2.05, 4.69) is 28.1 Å². The number of aliphatic carboxylic acids is 1. The van der Waals surface area contributed by atoms with Crippen LogP contribution in [-0.4, -0.2) is 16.8 Å². The lowest BCUT2D eigenvalue weighted by Gasteiger charge is -2.11. The van der Waals surface area contributed by atoms with Crippen molar-refractivity contribution >= 4 is 33.7 Å². The van der Waals surface area contributed by atoms with Crippen LogP contribution < -0.4 is 0 Å². The molecule has 92 valence electrons. The number of hydrogen-bond acceptors (Lipinski definition) is 2. The first-order chi connectivity index (χ1) is 8.10. The number of carbonyl (C=O) groups is 1. The SMILES string of the molecule is O=C(O)CC1(CSCc2ccc(Br)cc2)CC1. The fourth-order valence-electron chi connectivity index (χ4n) is 1.84. The summed E-state index contributed by atoms with van der Waals surface area (Å²) in [6.45, 7) is 0. The standard InChI is InChI=1S/C13H15BrO2S/c14-11-3-1-10(2-4-11)8-17-9-13(5-6-13)7-12(15)16/h1-4H,5-9H2,(H,15,16). The van der Waals surface area contributed by atoms with E-state index in [9.17, 15) is 4.79 Å². The lowest BCUT2D eigenvalue weighted by atomic mass is 10.1. The number of hydrogen-bond donors (Lipinski definition) is 1. The molecule has 1 N–H and O–H groups in total. The lowest BCUT2D eigenvalue weighted by Crippen LogP contribution is -2.11. The van der Waals surface area contributed by atoms with Gasteiger partial charge in [0.2, 0.25) is 0 Å². The van der Waals surface area contributed by atoms with Gasteiger partial charge in [-0.15, -0.1) is 0 Å². The van der Waals surface area contributed by atoms with Gasteiger partial charge in [0.25, 0.3) is 0 Å². The summed E-state index contributed by atoms with van der Waals surface area (Å²) in [5, 5.41) is 8.82. The highest BCUT2D eigenvalue weighted by atomic mass is 79.9. The molecule has 0 heterocycles. The van der Waals surface area contributed by atoms with Crippen LogP contribution in [0.4, 0.5) is 0 Å². The van der Waals surface area contributed by atoms with E-state index in [1.165, 1.54) is 5.56 Å². The summed E-state index contributed by atoms with van der Waals surface area (Å²) in [5.41, 5.74) is 1.40. The van der Waals surface area contributed by atoms with Crippen LogP contribution in [0.2, 0.25) is 0 Å². The number of carboxylic acid groups (broad SMARTS) is 1. The van der Waals surface area contributed by atoms with Gasteiger partial charge in [-0.05, 0) is 41.7 Å². The Labute approximate surface area is 114 Å². The van der Waals surface area contributed by atoms with Crippen molar-refractivity contribution in [3.05, 3.63) is 34.3 Å². The highest BCUT2D eigenvalue weighted by Crippen LogP contribution is 2.51. The second-order valence-electron chi connectivity index (χ2n) is 4.69. The minimum absolute atomic E-state index is 0.103. The molecule has 2 rings (SSSR count). The summed E-state index contributed by atoms with van der Waals surface area (Å²) >= 11 is 5.26. The molecule has 1 saturated carbocycles. The van der Waals surface area contributed by atoms with E-state index in [1.54, 1.807) is 0 Å². The molecule has 0 radical (unpaired) electrons. The quantitative estimate of drug-likeness (QED) is 0.864. The number of rotatable bonds is 6. The van der Waals surface area contributed by atoms with Crippen molar-refractivity contribution in [3.8, 4) is 0 Å². The lowest BCUT2D eigenvalue weighted by molar-refractivity contribution is -0.138. The smallest absolute Gasteiger partial charge is 0.303 e. The molecule has 0 aromatic heterocycles. The summed E-state index contributed by atoms with van der Waals surface area (Å²) in [7, 11) is 0. The Kier molecular flexibility index (Phi) is 4.15. The largest absolute Gasteiger partial charge is 0.481 e. The molecule has 1 aromatic rings. The van der Waals surface area contributed by atoms with Crippen molar-refractivity contribution in [2.75, 3.05) is 5.75 Å². The molecule has 1 aromatic carbocycles. The summed E-state index contributed by atoms with van der Waals surface area (Å²) in [4.78, 5) is 10.7. The van der Waals surface area contributed by atoms with Gasteiger partial charge in [-0.3, -0.25) is 4.79 Å². The second kappa shape index (κ2) is 5.44. The normalized spacial score (nSPS) is 16.8. The summed E-state index contributed by atoms with van der Waals surface area (Å²) < 4.78 is 1.09. The Hall–Kier alpha value is -0.480. The molecule has 2 nitrogen and oxygen atoms in total. The molecule has 0 amide bonds. The van der Waals surface area contributed by atoms with Crippen molar-refractivity contribution in [3.63, 3.8) is 0 Å². The fraction of sp³-hybridized carbons (Fsp3) is 0.462. The monoisotopic (exact) mass is 314 g/mol. The molecule has 1 aliphatic rings. The molecule has 1 aliphatic carbocycles. The summed E-state index contributed by atoms with van der Waals surface area (Å²) in [6.07, 6.45) is 2.49. The second-order valence-corrected chi connectivity index (χ2v) is 6.59. The molecule has 4 heteroatoms. The minimum Gasteiger partial charge on any atom is -0.481 e. The highest BCUT2D eigenvalue weighted by Gasteiger charge is 2.43. The average Bonchev–Trinajstić information content (AvgIpc) is 3.00. The van der Waals surface area contributed by atoms with Gasteiger partial charge in [-0.2, -0.15) is 11.8 Å². The third-order valence-electron chi connectivity index (χ3n) is 3.07. The minimum atomic E-state index is -0.660. The molecule has 0 bridgehead atoms. The molecule has 1 fully saturated rings. The van der Waals surface area contributed by atoms with Gasteiger partial charge < -0.3 is 5.11 Å². The van der Waals surface area contributed by atoms with Crippen LogP contribution in [0.1, 0.15) is 24.8 Å². The number of thioether (sulfide) groups is 1. The van der Waals surface area contributed by atoms with Crippen molar-refractivity contribution in [1.29, 1.82) is 0 Å². The Morgan fingerprint density at radius 1 is 1.35 bits per heavy atom. The predicted molar refractivity (Wildman–Crippen MR) is 74.2 cm³/mol. The van der Waals surface area contributed by atoms with E-state index >= 15 is 0 Å². The van der Waals surface area contributed by atoms with Gasteiger partial charge in [-0.1, -0.05) is 28.1 Å². The van der Waals surface area contributed by atoms with E-state index in [-0.39, 0.29) is 5.41 Å². The van der Waals surface area contributed by atoms with Gasteiger partial charge >= 0.3 is 5.97 Å². The van der Waals surface area contributed by atoms with Crippen molar-refractivity contribution in [1.82, 2.24) is 0 Å². The number of benzene rings is 1. The summed E-state index contributed by atoms with van der Waals surface area (Å²) in [6, 6.07) is 8.29. The van der Waals surface area contributed by atoms with Crippen LogP contribution in [-0.2, 0) is 10.5 Å². The number of carboxylic acids is 1.